The molecule has 0 fully saturated rings. The number of methoxy groups -OCH3 is 2. The lowest BCUT2D eigenvalue weighted by Crippen LogP contribution is -2.13. The van der Waals surface area contributed by atoms with E-state index in [-0.39, 0.29) is 5.91 Å². The number of rotatable bonds is 7. The normalized spacial score (nSPS) is 10.3. The Labute approximate surface area is 160 Å². The third-order valence-corrected chi connectivity index (χ3v) is 4.59. The van der Waals surface area contributed by atoms with Gasteiger partial charge < -0.3 is 14.2 Å². The Morgan fingerprint density at radius 1 is 1.07 bits per heavy atom. The van der Waals surface area contributed by atoms with Crippen molar-refractivity contribution in [3.05, 3.63) is 48.0 Å². The molecule has 3 aromatic rings. The van der Waals surface area contributed by atoms with Gasteiger partial charge in [0.05, 0.1) is 32.0 Å². The standard InChI is InChI=1S/C19H19N3O4S/c1-4-26-16-8-6-5-7-13(16)17(23)20-19-22-21-18(27-19)14-11-12(24-2)9-10-15(14)25-3/h5-11H,4H2,1-3H3,(H,20,22,23). The van der Waals surface area contributed by atoms with Crippen LogP contribution in [0.5, 0.6) is 17.2 Å². The second-order valence-corrected chi connectivity index (χ2v) is 6.34. The summed E-state index contributed by atoms with van der Waals surface area (Å²) in [5.41, 5.74) is 1.18. The molecule has 0 bridgehead atoms. The van der Waals surface area contributed by atoms with E-state index in [0.717, 1.165) is 5.56 Å². The summed E-state index contributed by atoms with van der Waals surface area (Å²) in [6.07, 6.45) is 0. The highest BCUT2D eigenvalue weighted by molar-refractivity contribution is 7.18. The van der Waals surface area contributed by atoms with Crippen molar-refractivity contribution in [3.63, 3.8) is 0 Å². The lowest BCUT2D eigenvalue weighted by atomic mass is 10.2. The largest absolute Gasteiger partial charge is 0.497 e. The molecule has 27 heavy (non-hydrogen) atoms. The van der Waals surface area contributed by atoms with Crippen LogP contribution in [0.25, 0.3) is 10.6 Å². The molecule has 1 aromatic heterocycles. The van der Waals surface area contributed by atoms with Gasteiger partial charge in [0.25, 0.3) is 5.91 Å². The molecule has 0 unspecified atom stereocenters. The maximum atomic E-state index is 12.6. The first-order valence-corrected chi connectivity index (χ1v) is 9.07. The Morgan fingerprint density at radius 3 is 2.63 bits per heavy atom. The maximum absolute atomic E-state index is 12.6. The summed E-state index contributed by atoms with van der Waals surface area (Å²) in [6.45, 7) is 2.34. The number of carbonyl (C=O) groups excluding carboxylic acids is 1. The first-order chi connectivity index (χ1) is 13.2. The highest BCUT2D eigenvalue weighted by Crippen LogP contribution is 2.36. The van der Waals surface area contributed by atoms with E-state index in [1.54, 1.807) is 44.6 Å². The van der Waals surface area contributed by atoms with Crippen LogP contribution in [0.4, 0.5) is 5.13 Å². The topological polar surface area (TPSA) is 82.6 Å². The molecule has 2 aromatic carbocycles. The monoisotopic (exact) mass is 385 g/mol. The van der Waals surface area contributed by atoms with Gasteiger partial charge in [0.15, 0.2) is 5.01 Å². The van der Waals surface area contributed by atoms with Gasteiger partial charge in [0.2, 0.25) is 5.13 Å². The molecule has 0 aliphatic rings. The van der Waals surface area contributed by atoms with Crippen molar-refractivity contribution in [1.29, 1.82) is 0 Å². The van der Waals surface area contributed by atoms with Crippen LogP contribution in [-0.2, 0) is 0 Å². The SMILES string of the molecule is CCOc1ccccc1C(=O)Nc1nnc(-c2cc(OC)ccc2OC)s1. The van der Waals surface area contributed by atoms with Gasteiger partial charge in [0, 0.05) is 0 Å². The number of carbonyl (C=O) groups is 1. The number of aromatic nitrogens is 2. The second-order valence-electron chi connectivity index (χ2n) is 5.36. The average Bonchev–Trinajstić information content (AvgIpc) is 3.16. The van der Waals surface area contributed by atoms with E-state index in [1.807, 2.05) is 19.1 Å². The Hall–Kier alpha value is -3.13. The minimum Gasteiger partial charge on any atom is -0.497 e. The molecule has 0 aliphatic carbocycles. The number of para-hydroxylation sites is 1. The molecule has 1 heterocycles. The van der Waals surface area contributed by atoms with Crippen molar-refractivity contribution >= 4 is 22.4 Å². The molecule has 1 amide bonds. The molecule has 1 N–H and O–H groups in total. The molecular weight excluding hydrogens is 366 g/mol. The molecule has 0 spiro atoms. The number of hydrogen-bond donors (Lipinski definition) is 1. The molecule has 0 aliphatic heterocycles. The van der Waals surface area contributed by atoms with E-state index >= 15 is 0 Å². The summed E-state index contributed by atoms with van der Waals surface area (Å²) in [5.74, 6) is 1.54. The van der Waals surface area contributed by atoms with E-state index in [1.165, 1.54) is 11.3 Å². The third kappa shape index (κ3) is 4.17. The number of ether oxygens (including phenoxy) is 3. The predicted molar refractivity (Wildman–Crippen MR) is 104 cm³/mol. The lowest BCUT2D eigenvalue weighted by molar-refractivity contribution is 0.102. The number of amides is 1. The van der Waals surface area contributed by atoms with Crippen LogP contribution in [-0.4, -0.2) is 36.9 Å². The van der Waals surface area contributed by atoms with Gasteiger partial charge in [-0.15, -0.1) is 10.2 Å². The Bertz CT molecular complexity index is 942. The quantitative estimate of drug-likeness (QED) is 0.665. The first kappa shape index (κ1) is 18.7. The van der Waals surface area contributed by atoms with Crippen molar-refractivity contribution in [1.82, 2.24) is 10.2 Å². The summed E-state index contributed by atoms with van der Waals surface area (Å²) >= 11 is 1.25. The van der Waals surface area contributed by atoms with E-state index in [0.29, 0.717) is 39.6 Å². The summed E-state index contributed by atoms with van der Waals surface area (Å²) in [4.78, 5) is 12.6. The minimum absolute atomic E-state index is 0.306. The molecular formula is C19H19N3O4S. The zero-order chi connectivity index (χ0) is 19.2. The summed E-state index contributed by atoms with van der Waals surface area (Å²) in [5, 5.41) is 12.0. The zero-order valence-electron chi connectivity index (χ0n) is 15.2. The number of hydrogen-bond acceptors (Lipinski definition) is 7. The van der Waals surface area contributed by atoms with Crippen molar-refractivity contribution in [3.8, 4) is 27.8 Å². The van der Waals surface area contributed by atoms with Crippen LogP contribution in [0.1, 0.15) is 17.3 Å². The van der Waals surface area contributed by atoms with Crippen LogP contribution < -0.4 is 19.5 Å². The minimum atomic E-state index is -0.306. The number of benzene rings is 2. The summed E-state index contributed by atoms with van der Waals surface area (Å²) in [7, 11) is 3.17. The fourth-order valence-corrected chi connectivity index (χ4v) is 3.22. The first-order valence-electron chi connectivity index (χ1n) is 8.25. The Kier molecular flexibility index (Phi) is 5.87. The van der Waals surface area contributed by atoms with Crippen LogP contribution in [0.3, 0.4) is 0 Å². The number of anilines is 1. The van der Waals surface area contributed by atoms with Gasteiger partial charge in [-0.2, -0.15) is 0 Å². The van der Waals surface area contributed by atoms with Gasteiger partial charge in [-0.05, 0) is 37.3 Å². The molecule has 140 valence electrons. The van der Waals surface area contributed by atoms with E-state index in [9.17, 15) is 4.79 Å². The van der Waals surface area contributed by atoms with E-state index < -0.39 is 0 Å². The second kappa shape index (κ2) is 8.50. The van der Waals surface area contributed by atoms with Gasteiger partial charge in [-0.1, -0.05) is 23.5 Å². The van der Waals surface area contributed by atoms with Gasteiger partial charge in [-0.25, -0.2) is 0 Å². The van der Waals surface area contributed by atoms with Crippen LogP contribution in [0.2, 0.25) is 0 Å². The van der Waals surface area contributed by atoms with Crippen molar-refractivity contribution in [2.24, 2.45) is 0 Å². The highest BCUT2D eigenvalue weighted by atomic mass is 32.1. The smallest absolute Gasteiger partial charge is 0.261 e. The van der Waals surface area contributed by atoms with Gasteiger partial charge in [-0.3, -0.25) is 10.1 Å². The van der Waals surface area contributed by atoms with Crippen LogP contribution >= 0.6 is 11.3 Å². The predicted octanol–water partition coefficient (Wildman–Crippen LogP) is 3.87. The zero-order valence-corrected chi connectivity index (χ0v) is 16.0. The molecule has 0 radical (unpaired) electrons. The molecule has 0 saturated carbocycles. The molecule has 0 saturated heterocycles. The number of nitrogens with one attached hydrogen (secondary N) is 1. The summed E-state index contributed by atoms with van der Waals surface area (Å²) in [6, 6.07) is 12.5. The number of nitrogens with zero attached hydrogens (tertiary/aromatic N) is 2. The molecule has 3 rings (SSSR count). The van der Waals surface area contributed by atoms with Crippen LogP contribution in [0, 0.1) is 0 Å². The fraction of sp³-hybridized carbons (Fsp3) is 0.211. The van der Waals surface area contributed by atoms with Gasteiger partial charge >= 0.3 is 0 Å². The van der Waals surface area contributed by atoms with Crippen LogP contribution in [0.15, 0.2) is 42.5 Å². The Balaban J connectivity index is 1.84. The fourth-order valence-electron chi connectivity index (χ4n) is 2.46. The highest BCUT2D eigenvalue weighted by Gasteiger charge is 2.17. The summed E-state index contributed by atoms with van der Waals surface area (Å²) < 4.78 is 16.1. The Morgan fingerprint density at radius 2 is 1.89 bits per heavy atom. The van der Waals surface area contributed by atoms with Crippen molar-refractivity contribution in [2.75, 3.05) is 26.1 Å². The lowest BCUT2D eigenvalue weighted by Gasteiger charge is -2.08. The van der Waals surface area contributed by atoms with Crippen molar-refractivity contribution in [2.45, 2.75) is 6.92 Å². The molecule has 0 atom stereocenters. The molecule has 7 nitrogen and oxygen atoms in total. The maximum Gasteiger partial charge on any atom is 0.261 e. The average molecular weight is 385 g/mol. The van der Waals surface area contributed by atoms with E-state index in [2.05, 4.69) is 15.5 Å². The van der Waals surface area contributed by atoms with Crippen molar-refractivity contribution < 1.29 is 19.0 Å². The molecule has 8 heteroatoms. The third-order valence-electron chi connectivity index (χ3n) is 3.71. The van der Waals surface area contributed by atoms with Gasteiger partial charge in [0.1, 0.15) is 17.2 Å². The van der Waals surface area contributed by atoms with E-state index in [4.69, 9.17) is 14.2 Å².